The van der Waals surface area contributed by atoms with Crippen LogP contribution >= 0.6 is 0 Å². The summed E-state index contributed by atoms with van der Waals surface area (Å²) < 4.78 is 0. The highest BCUT2D eigenvalue weighted by atomic mass is 16.7. The van der Waals surface area contributed by atoms with E-state index in [1.807, 2.05) is 49.4 Å². The first-order valence-corrected chi connectivity index (χ1v) is 6.55. The van der Waals surface area contributed by atoms with Gasteiger partial charge in [0.05, 0.1) is 0 Å². The van der Waals surface area contributed by atoms with Crippen LogP contribution in [0.25, 0.3) is 0 Å². The summed E-state index contributed by atoms with van der Waals surface area (Å²) in [5.41, 5.74) is 2.37. The monoisotopic (exact) mass is 268 g/mol. The van der Waals surface area contributed by atoms with Crippen molar-refractivity contribution < 1.29 is 9.63 Å². The van der Waals surface area contributed by atoms with Crippen LogP contribution in [0.4, 0.5) is 0 Å². The molecule has 0 aliphatic heterocycles. The molecule has 0 amide bonds. The zero-order chi connectivity index (χ0) is 14.2. The Morgan fingerprint density at radius 2 is 1.75 bits per heavy atom. The molecule has 0 unspecified atom stereocenters. The van der Waals surface area contributed by atoms with E-state index in [4.69, 9.17) is 4.84 Å². The number of rotatable bonds is 5. The van der Waals surface area contributed by atoms with E-state index in [1.165, 1.54) is 0 Å². The third-order valence-corrected chi connectivity index (χ3v) is 2.69. The summed E-state index contributed by atoms with van der Waals surface area (Å²) >= 11 is 0. The van der Waals surface area contributed by atoms with E-state index >= 15 is 0 Å². The van der Waals surface area contributed by atoms with E-state index in [0.717, 1.165) is 17.5 Å². The number of hydrogen-bond acceptors (Lipinski definition) is 4. The molecule has 0 fully saturated rings. The summed E-state index contributed by atoms with van der Waals surface area (Å²) in [6.45, 7) is 1.92. The van der Waals surface area contributed by atoms with Crippen molar-refractivity contribution in [2.24, 2.45) is 5.16 Å². The van der Waals surface area contributed by atoms with Gasteiger partial charge in [0.2, 0.25) is 0 Å². The van der Waals surface area contributed by atoms with Crippen molar-refractivity contribution in [3.63, 3.8) is 0 Å². The van der Waals surface area contributed by atoms with E-state index in [9.17, 15) is 4.79 Å². The van der Waals surface area contributed by atoms with E-state index < -0.39 is 0 Å². The highest BCUT2D eigenvalue weighted by Gasteiger charge is 2.09. The van der Waals surface area contributed by atoms with Gasteiger partial charge in [-0.3, -0.25) is 4.98 Å². The zero-order valence-corrected chi connectivity index (χ0v) is 11.3. The summed E-state index contributed by atoms with van der Waals surface area (Å²) in [5, 5.41) is 4.02. The van der Waals surface area contributed by atoms with Gasteiger partial charge in [-0.1, -0.05) is 42.4 Å². The van der Waals surface area contributed by atoms with Crippen LogP contribution < -0.4 is 0 Å². The summed E-state index contributed by atoms with van der Waals surface area (Å²) in [5.74, 6) is -0.324. The molecule has 2 aromatic rings. The molecular formula is C16H16N2O2. The van der Waals surface area contributed by atoms with Gasteiger partial charge in [0.15, 0.2) is 0 Å². The van der Waals surface area contributed by atoms with Gasteiger partial charge in [-0.25, -0.2) is 4.79 Å². The van der Waals surface area contributed by atoms with E-state index in [-0.39, 0.29) is 5.97 Å². The first-order valence-electron chi connectivity index (χ1n) is 6.55. The summed E-state index contributed by atoms with van der Waals surface area (Å²) in [6.07, 6.45) is 4.47. The Morgan fingerprint density at radius 1 is 1.10 bits per heavy atom. The minimum absolute atomic E-state index is 0.324. The van der Waals surface area contributed by atoms with Crippen molar-refractivity contribution in [3.8, 4) is 0 Å². The molecule has 0 spiro atoms. The molecule has 1 aromatic heterocycles. The van der Waals surface area contributed by atoms with Crippen LogP contribution in [0.1, 0.15) is 30.9 Å². The molecule has 0 bridgehead atoms. The Morgan fingerprint density at radius 3 is 2.40 bits per heavy atom. The number of carbonyl (C=O) groups is 1. The number of hydrogen-bond donors (Lipinski definition) is 0. The summed E-state index contributed by atoms with van der Waals surface area (Å²) in [7, 11) is 0. The lowest BCUT2D eigenvalue weighted by molar-refractivity contribution is -0.143. The van der Waals surface area contributed by atoms with Crippen LogP contribution in [0, 0.1) is 0 Å². The molecule has 0 N–H and O–H groups in total. The van der Waals surface area contributed by atoms with Crippen molar-refractivity contribution in [1.82, 2.24) is 4.98 Å². The number of aromatic nitrogens is 1. The minimum atomic E-state index is -0.324. The standard InChI is InChI=1S/C16H16N2O2/c1-2-6-15(19)20-18-16(13-7-4-3-5-8-13)14-9-11-17-12-10-14/h3-5,7-12H,2,6H2,1H3/b18-16+. The Kier molecular flexibility index (Phi) is 5.00. The molecule has 4 nitrogen and oxygen atoms in total. The predicted octanol–water partition coefficient (Wildman–Crippen LogP) is 3.18. The molecule has 2 rings (SSSR count). The molecule has 0 aliphatic carbocycles. The summed E-state index contributed by atoms with van der Waals surface area (Å²) in [4.78, 5) is 20.4. The van der Waals surface area contributed by atoms with Gasteiger partial charge in [0.1, 0.15) is 5.71 Å². The van der Waals surface area contributed by atoms with Gasteiger partial charge in [-0.2, -0.15) is 0 Å². The molecule has 0 aliphatic rings. The van der Waals surface area contributed by atoms with Crippen molar-refractivity contribution in [1.29, 1.82) is 0 Å². The fraction of sp³-hybridized carbons (Fsp3) is 0.188. The maximum atomic E-state index is 11.5. The SMILES string of the molecule is CCCC(=O)O/N=C(\c1ccccc1)c1ccncc1. The van der Waals surface area contributed by atoms with Gasteiger partial charge < -0.3 is 4.84 Å². The van der Waals surface area contributed by atoms with Crippen LogP contribution in [0.5, 0.6) is 0 Å². The lowest BCUT2D eigenvalue weighted by Crippen LogP contribution is -2.07. The van der Waals surface area contributed by atoms with Crippen LogP contribution in [0.2, 0.25) is 0 Å². The fourth-order valence-corrected chi connectivity index (χ4v) is 1.72. The summed E-state index contributed by atoms with van der Waals surface area (Å²) in [6, 6.07) is 13.3. The van der Waals surface area contributed by atoms with Crippen molar-refractivity contribution >= 4 is 11.7 Å². The van der Waals surface area contributed by atoms with Crippen molar-refractivity contribution in [2.45, 2.75) is 19.8 Å². The molecule has 20 heavy (non-hydrogen) atoms. The lowest BCUT2D eigenvalue weighted by Gasteiger charge is -2.06. The quantitative estimate of drug-likeness (QED) is 0.475. The second-order valence-corrected chi connectivity index (χ2v) is 4.26. The van der Waals surface area contributed by atoms with Crippen LogP contribution in [0.3, 0.4) is 0 Å². The Labute approximate surface area is 118 Å². The van der Waals surface area contributed by atoms with E-state index in [0.29, 0.717) is 12.1 Å². The molecule has 0 saturated carbocycles. The first kappa shape index (κ1) is 13.9. The molecule has 1 heterocycles. The molecule has 0 radical (unpaired) electrons. The largest absolute Gasteiger partial charge is 0.335 e. The predicted molar refractivity (Wildman–Crippen MR) is 77.3 cm³/mol. The first-order chi connectivity index (χ1) is 9.81. The smallest absolute Gasteiger partial charge is 0.318 e. The number of pyridine rings is 1. The molecule has 4 heteroatoms. The second-order valence-electron chi connectivity index (χ2n) is 4.26. The normalized spacial score (nSPS) is 11.2. The minimum Gasteiger partial charge on any atom is -0.318 e. The molecular weight excluding hydrogens is 252 g/mol. The zero-order valence-electron chi connectivity index (χ0n) is 11.3. The fourth-order valence-electron chi connectivity index (χ4n) is 1.72. The maximum Gasteiger partial charge on any atom is 0.335 e. The Balaban J connectivity index is 2.30. The van der Waals surface area contributed by atoms with Gasteiger partial charge in [0, 0.05) is 29.9 Å². The Bertz CT molecular complexity index is 538. The number of benzene rings is 1. The number of nitrogens with zero attached hydrogens (tertiary/aromatic N) is 2. The average molecular weight is 268 g/mol. The lowest BCUT2D eigenvalue weighted by atomic mass is 10.0. The van der Waals surface area contributed by atoms with Crippen LogP contribution in [-0.4, -0.2) is 16.7 Å². The van der Waals surface area contributed by atoms with Crippen LogP contribution in [0.15, 0.2) is 60.0 Å². The van der Waals surface area contributed by atoms with Gasteiger partial charge in [-0.05, 0) is 18.6 Å². The van der Waals surface area contributed by atoms with Crippen molar-refractivity contribution in [3.05, 3.63) is 66.0 Å². The third kappa shape index (κ3) is 3.75. The maximum absolute atomic E-state index is 11.5. The molecule has 0 atom stereocenters. The number of carbonyl (C=O) groups excluding carboxylic acids is 1. The highest BCUT2D eigenvalue weighted by Crippen LogP contribution is 2.10. The van der Waals surface area contributed by atoms with Crippen LogP contribution in [-0.2, 0) is 9.63 Å². The van der Waals surface area contributed by atoms with Crippen molar-refractivity contribution in [2.75, 3.05) is 0 Å². The molecule has 0 saturated heterocycles. The van der Waals surface area contributed by atoms with E-state index in [2.05, 4.69) is 10.1 Å². The highest BCUT2D eigenvalue weighted by molar-refractivity contribution is 6.12. The topological polar surface area (TPSA) is 51.5 Å². The number of oxime groups is 1. The van der Waals surface area contributed by atoms with Gasteiger partial charge >= 0.3 is 5.97 Å². The van der Waals surface area contributed by atoms with Gasteiger partial charge in [0.25, 0.3) is 0 Å². The van der Waals surface area contributed by atoms with Gasteiger partial charge in [-0.15, -0.1) is 0 Å². The van der Waals surface area contributed by atoms with E-state index in [1.54, 1.807) is 12.4 Å². The Hall–Kier alpha value is -2.49. The molecule has 102 valence electrons. The molecule has 1 aromatic carbocycles. The average Bonchev–Trinajstić information content (AvgIpc) is 2.50. The third-order valence-electron chi connectivity index (χ3n) is 2.69. The second kappa shape index (κ2) is 7.19.